The molecule has 28 heavy (non-hydrogen) atoms. The Labute approximate surface area is 162 Å². The number of hydrogen-bond acceptors (Lipinski definition) is 7. The van der Waals surface area contributed by atoms with Gasteiger partial charge in [0.2, 0.25) is 0 Å². The third-order valence-corrected chi connectivity index (χ3v) is 5.21. The molecule has 0 N–H and O–H groups in total. The summed E-state index contributed by atoms with van der Waals surface area (Å²) < 4.78 is 33.1. The maximum absolute atomic E-state index is 13.1. The van der Waals surface area contributed by atoms with Crippen molar-refractivity contribution in [2.24, 2.45) is 7.05 Å². The number of aryl methyl sites for hydroxylation is 1. The summed E-state index contributed by atoms with van der Waals surface area (Å²) in [7, 11) is 1.67. The molecule has 2 aliphatic heterocycles. The number of anilines is 2. The SMILES string of the molecule is Cn1cc(CN2CCN(c3ccc(N4CCOCC4)nn3)CC2)c(C(F)F)n1. The van der Waals surface area contributed by atoms with E-state index in [1.165, 1.54) is 4.68 Å². The molecule has 0 aromatic carbocycles. The van der Waals surface area contributed by atoms with Gasteiger partial charge in [-0.15, -0.1) is 10.2 Å². The van der Waals surface area contributed by atoms with E-state index >= 15 is 0 Å². The van der Waals surface area contributed by atoms with Crippen molar-refractivity contribution in [2.75, 3.05) is 62.3 Å². The fraction of sp³-hybridized carbons (Fsp3) is 0.611. The Morgan fingerprint density at radius 2 is 1.57 bits per heavy atom. The van der Waals surface area contributed by atoms with Gasteiger partial charge in [0.1, 0.15) is 5.69 Å². The predicted molar refractivity (Wildman–Crippen MR) is 101 cm³/mol. The Kier molecular flexibility index (Phi) is 5.67. The van der Waals surface area contributed by atoms with Crippen LogP contribution in [0.2, 0.25) is 0 Å². The average molecular weight is 393 g/mol. The van der Waals surface area contributed by atoms with Crippen LogP contribution in [0.5, 0.6) is 0 Å². The number of morpholine rings is 1. The lowest BCUT2D eigenvalue weighted by Gasteiger charge is -2.35. The molecule has 0 atom stereocenters. The zero-order chi connectivity index (χ0) is 19.5. The number of piperazine rings is 1. The topological polar surface area (TPSA) is 62.6 Å². The van der Waals surface area contributed by atoms with Crippen molar-refractivity contribution in [2.45, 2.75) is 13.0 Å². The molecule has 0 amide bonds. The molecule has 2 aromatic heterocycles. The lowest BCUT2D eigenvalue weighted by molar-refractivity contribution is 0.122. The molecule has 4 heterocycles. The van der Waals surface area contributed by atoms with Gasteiger partial charge in [0.25, 0.3) is 6.43 Å². The van der Waals surface area contributed by atoms with Gasteiger partial charge in [-0.2, -0.15) is 5.10 Å². The molecule has 8 nitrogen and oxygen atoms in total. The normalized spacial score (nSPS) is 18.9. The lowest BCUT2D eigenvalue weighted by atomic mass is 10.2. The Bertz CT molecular complexity index is 769. The maximum Gasteiger partial charge on any atom is 0.282 e. The van der Waals surface area contributed by atoms with E-state index in [4.69, 9.17) is 4.74 Å². The number of nitrogens with zero attached hydrogens (tertiary/aromatic N) is 7. The van der Waals surface area contributed by atoms with E-state index in [2.05, 4.69) is 30.0 Å². The number of aromatic nitrogens is 4. The molecule has 0 bridgehead atoms. The van der Waals surface area contributed by atoms with E-state index in [1.807, 2.05) is 12.1 Å². The van der Waals surface area contributed by atoms with Gasteiger partial charge < -0.3 is 14.5 Å². The van der Waals surface area contributed by atoms with Crippen molar-refractivity contribution in [1.29, 1.82) is 0 Å². The monoisotopic (exact) mass is 393 g/mol. The van der Waals surface area contributed by atoms with Crippen LogP contribution in [-0.2, 0) is 18.3 Å². The van der Waals surface area contributed by atoms with E-state index in [0.29, 0.717) is 12.1 Å². The summed E-state index contributed by atoms with van der Waals surface area (Å²) in [6, 6.07) is 4.01. The molecular formula is C18H25F2N7O. The first-order chi connectivity index (χ1) is 13.6. The highest BCUT2D eigenvalue weighted by Gasteiger charge is 2.23. The third-order valence-electron chi connectivity index (χ3n) is 5.21. The fourth-order valence-corrected chi connectivity index (χ4v) is 3.68. The first-order valence-electron chi connectivity index (χ1n) is 9.54. The number of ether oxygens (including phenoxy) is 1. The van der Waals surface area contributed by atoms with Crippen LogP contribution in [0.3, 0.4) is 0 Å². The highest BCUT2D eigenvalue weighted by molar-refractivity contribution is 5.45. The zero-order valence-electron chi connectivity index (χ0n) is 16.0. The van der Waals surface area contributed by atoms with E-state index in [9.17, 15) is 8.78 Å². The number of alkyl halides is 2. The van der Waals surface area contributed by atoms with Crippen molar-refractivity contribution in [3.63, 3.8) is 0 Å². The second-order valence-corrected chi connectivity index (χ2v) is 7.13. The van der Waals surface area contributed by atoms with Gasteiger partial charge in [-0.3, -0.25) is 9.58 Å². The van der Waals surface area contributed by atoms with Crippen LogP contribution in [0.15, 0.2) is 18.3 Å². The molecule has 2 aliphatic rings. The summed E-state index contributed by atoms with van der Waals surface area (Å²) in [4.78, 5) is 6.53. The van der Waals surface area contributed by atoms with Gasteiger partial charge in [-0.05, 0) is 12.1 Å². The zero-order valence-corrected chi connectivity index (χ0v) is 16.0. The van der Waals surface area contributed by atoms with Crippen LogP contribution >= 0.6 is 0 Å². The van der Waals surface area contributed by atoms with E-state index < -0.39 is 6.43 Å². The Hall–Kier alpha value is -2.33. The van der Waals surface area contributed by atoms with Crippen LogP contribution in [0.25, 0.3) is 0 Å². The summed E-state index contributed by atoms with van der Waals surface area (Å²) >= 11 is 0. The highest BCUT2D eigenvalue weighted by atomic mass is 19.3. The molecule has 2 fully saturated rings. The predicted octanol–water partition coefficient (Wildman–Crippen LogP) is 1.31. The van der Waals surface area contributed by atoms with E-state index in [0.717, 1.165) is 64.1 Å². The molecule has 152 valence electrons. The van der Waals surface area contributed by atoms with Crippen LogP contribution < -0.4 is 9.80 Å². The Balaban J connectivity index is 1.33. The fourth-order valence-electron chi connectivity index (χ4n) is 3.68. The Morgan fingerprint density at radius 3 is 2.14 bits per heavy atom. The molecular weight excluding hydrogens is 368 g/mol. The first-order valence-corrected chi connectivity index (χ1v) is 9.54. The summed E-state index contributed by atoms with van der Waals surface area (Å²) in [6.07, 6.45) is -0.860. The summed E-state index contributed by atoms with van der Waals surface area (Å²) in [5.74, 6) is 1.73. The van der Waals surface area contributed by atoms with E-state index in [1.54, 1.807) is 13.2 Å². The van der Waals surface area contributed by atoms with Gasteiger partial charge in [0.15, 0.2) is 11.6 Å². The van der Waals surface area contributed by atoms with Gasteiger partial charge in [-0.25, -0.2) is 8.78 Å². The maximum atomic E-state index is 13.1. The largest absolute Gasteiger partial charge is 0.378 e. The molecule has 0 spiro atoms. The number of rotatable bonds is 5. The van der Waals surface area contributed by atoms with Crippen LogP contribution in [0, 0.1) is 0 Å². The Morgan fingerprint density at radius 1 is 0.964 bits per heavy atom. The average Bonchev–Trinajstić information content (AvgIpc) is 3.10. The van der Waals surface area contributed by atoms with Crippen LogP contribution in [0.1, 0.15) is 17.7 Å². The molecule has 2 saturated heterocycles. The molecule has 0 saturated carbocycles. The van der Waals surface area contributed by atoms with Crippen LogP contribution in [-0.4, -0.2) is 77.4 Å². The molecule has 2 aromatic rings. The van der Waals surface area contributed by atoms with E-state index in [-0.39, 0.29) is 5.69 Å². The minimum atomic E-state index is -2.54. The highest BCUT2D eigenvalue weighted by Crippen LogP contribution is 2.23. The van der Waals surface area contributed by atoms with Crippen molar-refractivity contribution in [1.82, 2.24) is 24.9 Å². The summed E-state index contributed by atoms with van der Waals surface area (Å²) in [5.41, 5.74) is 0.482. The lowest BCUT2D eigenvalue weighted by Crippen LogP contribution is -2.46. The summed E-state index contributed by atoms with van der Waals surface area (Å²) in [5, 5.41) is 12.6. The second kappa shape index (κ2) is 8.36. The first kappa shape index (κ1) is 19.0. The number of hydrogen-bond donors (Lipinski definition) is 0. The molecule has 0 radical (unpaired) electrons. The minimum Gasteiger partial charge on any atom is -0.378 e. The summed E-state index contributed by atoms with van der Waals surface area (Å²) in [6.45, 7) is 6.73. The van der Waals surface area contributed by atoms with Crippen molar-refractivity contribution < 1.29 is 13.5 Å². The quantitative estimate of drug-likeness (QED) is 0.759. The molecule has 4 rings (SSSR count). The van der Waals surface area contributed by atoms with Crippen molar-refractivity contribution >= 4 is 11.6 Å². The van der Waals surface area contributed by atoms with Gasteiger partial charge in [0.05, 0.1) is 13.2 Å². The number of halogens is 2. The van der Waals surface area contributed by atoms with Gasteiger partial charge in [-0.1, -0.05) is 0 Å². The van der Waals surface area contributed by atoms with Crippen molar-refractivity contribution in [3.8, 4) is 0 Å². The smallest absolute Gasteiger partial charge is 0.282 e. The minimum absolute atomic E-state index is 0.116. The standard InChI is InChI=1S/C18H25F2N7O/c1-24-12-14(17(23-24)18(19)20)13-25-4-6-26(7-5-25)15-2-3-16(22-21-15)27-8-10-28-11-9-27/h2-3,12,18H,4-11,13H2,1H3. The van der Waals surface area contributed by atoms with Crippen LogP contribution in [0.4, 0.5) is 20.4 Å². The molecule has 0 unspecified atom stereocenters. The van der Waals surface area contributed by atoms with Gasteiger partial charge in [0, 0.05) is 64.6 Å². The second-order valence-electron chi connectivity index (χ2n) is 7.13. The van der Waals surface area contributed by atoms with Gasteiger partial charge >= 0.3 is 0 Å². The third kappa shape index (κ3) is 4.22. The van der Waals surface area contributed by atoms with Crippen molar-refractivity contribution in [3.05, 3.63) is 29.6 Å². The molecule has 10 heteroatoms. The molecule has 0 aliphatic carbocycles.